The van der Waals surface area contributed by atoms with Gasteiger partial charge in [0.25, 0.3) is 0 Å². The molecule has 0 unspecified atom stereocenters. The highest BCUT2D eigenvalue weighted by atomic mass is 16.5. The standard InChI is InChI=1S/C14H27NO2/c1-13(2)6-4-12(5-7-13)15(3)8-14(9-16)10-17-11-14/h12,16H,4-11H2,1-3H3. The molecular formula is C14H27NO2. The first-order valence-electron chi connectivity index (χ1n) is 6.85. The second-order valence-corrected chi connectivity index (χ2v) is 6.96. The van der Waals surface area contributed by atoms with E-state index in [4.69, 9.17) is 4.74 Å². The monoisotopic (exact) mass is 241 g/mol. The third kappa shape index (κ3) is 3.01. The number of aliphatic hydroxyl groups excluding tert-OH is 1. The highest BCUT2D eigenvalue weighted by Gasteiger charge is 2.40. The first kappa shape index (κ1) is 13.3. The van der Waals surface area contributed by atoms with E-state index in [9.17, 15) is 5.11 Å². The van der Waals surface area contributed by atoms with Crippen LogP contribution in [0.4, 0.5) is 0 Å². The third-order valence-electron chi connectivity index (χ3n) is 4.67. The van der Waals surface area contributed by atoms with Gasteiger partial charge in [-0.25, -0.2) is 0 Å². The molecule has 3 heteroatoms. The molecule has 2 rings (SSSR count). The molecule has 0 bridgehead atoms. The lowest BCUT2D eigenvalue weighted by Crippen LogP contribution is -2.54. The molecule has 2 aliphatic rings. The Hall–Kier alpha value is -0.120. The number of hydrogen-bond acceptors (Lipinski definition) is 3. The predicted molar refractivity (Wildman–Crippen MR) is 69.0 cm³/mol. The van der Waals surface area contributed by atoms with Crippen molar-refractivity contribution < 1.29 is 9.84 Å². The summed E-state index contributed by atoms with van der Waals surface area (Å²) in [5, 5.41) is 9.46. The van der Waals surface area contributed by atoms with E-state index in [1.165, 1.54) is 25.7 Å². The van der Waals surface area contributed by atoms with Crippen molar-refractivity contribution in [2.24, 2.45) is 10.8 Å². The molecule has 1 aliphatic carbocycles. The molecule has 0 aromatic carbocycles. The Labute approximate surface area is 105 Å². The smallest absolute Gasteiger partial charge is 0.0579 e. The van der Waals surface area contributed by atoms with Crippen molar-refractivity contribution in [2.75, 3.05) is 33.4 Å². The minimum atomic E-state index is 0.0295. The zero-order valence-electron chi connectivity index (χ0n) is 11.5. The van der Waals surface area contributed by atoms with Gasteiger partial charge in [-0.3, -0.25) is 0 Å². The van der Waals surface area contributed by atoms with Gasteiger partial charge >= 0.3 is 0 Å². The lowest BCUT2D eigenvalue weighted by molar-refractivity contribution is -0.150. The predicted octanol–water partition coefficient (Wildman–Crippen LogP) is 1.90. The maximum Gasteiger partial charge on any atom is 0.0579 e. The fraction of sp³-hybridized carbons (Fsp3) is 1.00. The molecule has 17 heavy (non-hydrogen) atoms. The van der Waals surface area contributed by atoms with Crippen LogP contribution in [0, 0.1) is 10.8 Å². The summed E-state index contributed by atoms with van der Waals surface area (Å²) in [4.78, 5) is 2.45. The number of nitrogens with zero attached hydrogens (tertiary/aromatic N) is 1. The van der Waals surface area contributed by atoms with Crippen LogP contribution in [-0.2, 0) is 4.74 Å². The maximum absolute atomic E-state index is 9.46. The van der Waals surface area contributed by atoms with Crippen molar-refractivity contribution in [1.29, 1.82) is 0 Å². The lowest BCUT2D eigenvalue weighted by Gasteiger charge is -2.46. The van der Waals surface area contributed by atoms with Crippen LogP contribution in [0.5, 0.6) is 0 Å². The molecule has 1 heterocycles. The summed E-state index contributed by atoms with van der Waals surface area (Å²) < 4.78 is 5.26. The minimum Gasteiger partial charge on any atom is -0.396 e. The molecule has 0 radical (unpaired) electrons. The summed E-state index contributed by atoms with van der Waals surface area (Å²) in [6.07, 6.45) is 5.24. The summed E-state index contributed by atoms with van der Waals surface area (Å²) in [5.41, 5.74) is 0.563. The van der Waals surface area contributed by atoms with Gasteiger partial charge in [0.05, 0.1) is 25.2 Å². The number of aliphatic hydroxyl groups is 1. The van der Waals surface area contributed by atoms with E-state index in [0.29, 0.717) is 11.5 Å². The van der Waals surface area contributed by atoms with Gasteiger partial charge in [0.2, 0.25) is 0 Å². The molecule has 0 amide bonds. The van der Waals surface area contributed by atoms with E-state index >= 15 is 0 Å². The number of hydrogen-bond donors (Lipinski definition) is 1. The zero-order chi connectivity index (χ0) is 12.5. The molecule has 0 spiro atoms. The second-order valence-electron chi connectivity index (χ2n) is 6.96. The average molecular weight is 241 g/mol. The number of rotatable bonds is 4. The first-order valence-corrected chi connectivity index (χ1v) is 6.85. The Morgan fingerprint density at radius 3 is 2.24 bits per heavy atom. The van der Waals surface area contributed by atoms with E-state index in [0.717, 1.165) is 19.8 Å². The Morgan fingerprint density at radius 2 is 1.82 bits per heavy atom. The van der Waals surface area contributed by atoms with Crippen LogP contribution in [0.25, 0.3) is 0 Å². The van der Waals surface area contributed by atoms with Crippen LogP contribution in [0.2, 0.25) is 0 Å². The molecular weight excluding hydrogens is 214 g/mol. The molecule has 1 saturated carbocycles. The lowest BCUT2D eigenvalue weighted by atomic mass is 9.75. The Morgan fingerprint density at radius 1 is 1.24 bits per heavy atom. The van der Waals surface area contributed by atoms with Crippen LogP contribution in [-0.4, -0.2) is 49.5 Å². The van der Waals surface area contributed by atoms with Crippen LogP contribution >= 0.6 is 0 Å². The van der Waals surface area contributed by atoms with E-state index in [1.807, 2.05) is 0 Å². The zero-order valence-corrected chi connectivity index (χ0v) is 11.5. The largest absolute Gasteiger partial charge is 0.396 e. The third-order valence-corrected chi connectivity index (χ3v) is 4.67. The van der Waals surface area contributed by atoms with Crippen molar-refractivity contribution >= 4 is 0 Å². The molecule has 0 aromatic heterocycles. The summed E-state index contributed by atoms with van der Waals surface area (Å²) in [6, 6.07) is 0.701. The van der Waals surface area contributed by atoms with Crippen LogP contribution < -0.4 is 0 Å². The molecule has 1 N–H and O–H groups in total. The van der Waals surface area contributed by atoms with Gasteiger partial charge in [-0.15, -0.1) is 0 Å². The second kappa shape index (κ2) is 4.87. The molecule has 100 valence electrons. The summed E-state index contributed by atoms with van der Waals surface area (Å²) >= 11 is 0. The Balaban J connectivity index is 1.82. The van der Waals surface area contributed by atoms with Crippen molar-refractivity contribution in [1.82, 2.24) is 4.90 Å². The van der Waals surface area contributed by atoms with Gasteiger partial charge in [0.1, 0.15) is 0 Å². The summed E-state index contributed by atoms with van der Waals surface area (Å²) in [5.74, 6) is 0. The first-order chi connectivity index (χ1) is 7.96. The molecule has 2 fully saturated rings. The van der Waals surface area contributed by atoms with E-state index in [1.54, 1.807) is 0 Å². The van der Waals surface area contributed by atoms with E-state index < -0.39 is 0 Å². The SMILES string of the molecule is CN(CC1(CO)COC1)C1CCC(C)(C)CC1. The van der Waals surface area contributed by atoms with Crippen LogP contribution in [0.15, 0.2) is 0 Å². The van der Waals surface area contributed by atoms with Gasteiger partial charge in [-0.1, -0.05) is 13.8 Å². The van der Waals surface area contributed by atoms with Gasteiger partial charge < -0.3 is 14.7 Å². The normalized spacial score (nSPS) is 28.1. The molecule has 0 atom stereocenters. The van der Waals surface area contributed by atoms with Crippen LogP contribution in [0.3, 0.4) is 0 Å². The number of ether oxygens (including phenoxy) is 1. The van der Waals surface area contributed by atoms with Gasteiger partial charge in [0.15, 0.2) is 0 Å². The fourth-order valence-corrected chi connectivity index (χ4v) is 3.11. The highest BCUT2D eigenvalue weighted by Crippen LogP contribution is 2.37. The topological polar surface area (TPSA) is 32.7 Å². The average Bonchev–Trinajstić information content (AvgIpc) is 2.23. The van der Waals surface area contributed by atoms with Gasteiger partial charge in [-0.2, -0.15) is 0 Å². The molecule has 1 saturated heterocycles. The van der Waals surface area contributed by atoms with Crippen LogP contribution in [0.1, 0.15) is 39.5 Å². The fourth-order valence-electron chi connectivity index (χ4n) is 3.11. The van der Waals surface area contributed by atoms with Gasteiger partial charge in [0, 0.05) is 12.6 Å². The van der Waals surface area contributed by atoms with Crippen molar-refractivity contribution in [3.63, 3.8) is 0 Å². The van der Waals surface area contributed by atoms with Crippen molar-refractivity contribution in [3.05, 3.63) is 0 Å². The summed E-state index contributed by atoms with van der Waals surface area (Å²) in [6.45, 7) is 7.44. The quantitative estimate of drug-likeness (QED) is 0.816. The summed E-state index contributed by atoms with van der Waals surface area (Å²) in [7, 11) is 2.21. The van der Waals surface area contributed by atoms with Gasteiger partial charge in [-0.05, 0) is 38.1 Å². The van der Waals surface area contributed by atoms with Crippen molar-refractivity contribution in [2.45, 2.75) is 45.6 Å². The maximum atomic E-state index is 9.46. The Bertz CT molecular complexity index is 245. The highest BCUT2D eigenvalue weighted by molar-refractivity contribution is 4.90. The van der Waals surface area contributed by atoms with E-state index in [2.05, 4.69) is 25.8 Å². The minimum absolute atomic E-state index is 0.0295. The molecule has 3 nitrogen and oxygen atoms in total. The molecule has 1 aliphatic heterocycles. The Kier molecular flexibility index (Phi) is 3.81. The molecule has 0 aromatic rings. The van der Waals surface area contributed by atoms with E-state index in [-0.39, 0.29) is 12.0 Å². The van der Waals surface area contributed by atoms with Crippen molar-refractivity contribution in [3.8, 4) is 0 Å².